The molecule has 1 aliphatic heterocycles. The number of benzene rings is 1. The molecule has 8 nitrogen and oxygen atoms in total. The van der Waals surface area contributed by atoms with E-state index < -0.39 is 5.82 Å². The van der Waals surface area contributed by atoms with Gasteiger partial charge in [0.1, 0.15) is 11.7 Å². The third kappa shape index (κ3) is 5.92. The number of amides is 2. The summed E-state index contributed by atoms with van der Waals surface area (Å²) in [6.45, 7) is 14.8. The van der Waals surface area contributed by atoms with E-state index in [1.54, 1.807) is 36.3 Å². The SMILES string of the molecule is C=CC(=O)N1CCN(/C(=N/C)c2cc(Cl)c(-c3cc(C)ccc3F)nc2N(C=O)c2c(C)ccnc2C(C)C)C(C)C1. The van der Waals surface area contributed by atoms with Gasteiger partial charge in [-0.2, -0.15) is 0 Å². The summed E-state index contributed by atoms with van der Waals surface area (Å²) in [5.74, 6) is 0.190. The van der Waals surface area contributed by atoms with E-state index in [0.717, 1.165) is 11.1 Å². The molecule has 0 bridgehead atoms. The van der Waals surface area contributed by atoms with Crippen molar-refractivity contribution in [2.24, 2.45) is 4.99 Å². The summed E-state index contributed by atoms with van der Waals surface area (Å²) in [4.78, 5) is 44.7. The van der Waals surface area contributed by atoms with Gasteiger partial charge in [0.05, 0.1) is 27.7 Å². The van der Waals surface area contributed by atoms with Crippen molar-refractivity contribution in [2.75, 3.05) is 31.6 Å². The van der Waals surface area contributed by atoms with Gasteiger partial charge in [-0.3, -0.25) is 24.5 Å². The van der Waals surface area contributed by atoms with Gasteiger partial charge in [-0.05, 0) is 62.6 Å². The molecule has 1 fully saturated rings. The molecule has 0 aliphatic carbocycles. The van der Waals surface area contributed by atoms with Gasteiger partial charge in [0.25, 0.3) is 0 Å². The molecule has 1 saturated heterocycles. The molecule has 42 heavy (non-hydrogen) atoms. The molecule has 3 heterocycles. The molecular formula is C32H36ClFN6O2. The molecule has 0 spiro atoms. The van der Waals surface area contributed by atoms with Gasteiger partial charge in [0.15, 0.2) is 5.82 Å². The van der Waals surface area contributed by atoms with Crippen molar-refractivity contribution in [3.63, 3.8) is 0 Å². The average Bonchev–Trinajstić information content (AvgIpc) is 2.96. The maximum absolute atomic E-state index is 15.1. The van der Waals surface area contributed by atoms with Crippen LogP contribution in [0.15, 0.2) is 54.2 Å². The minimum Gasteiger partial charge on any atom is -0.350 e. The van der Waals surface area contributed by atoms with Gasteiger partial charge >= 0.3 is 0 Å². The van der Waals surface area contributed by atoms with Crippen molar-refractivity contribution in [3.05, 3.63) is 82.4 Å². The summed E-state index contributed by atoms with van der Waals surface area (Å²) < 4.78 is 15.1. The van der Waals surface area contributed by atoms with Crippen LogP contribution in [0.4, 0.5) is 15.9 Å². The molecule has 4 rings (SSSR count). The van der Waals surface area contributed by atoms with E-state index in [1.165, 1.54) is 17.0 Å². The zero-order valence-electron chi connectivity index (χ0n) is 24.9. The summed E-state index contributed by atoms with van der Waals surface area (Å²) in [5.41, 5.74) is 3.91. The van der Waals surface area contributed by atoms with Gasteiger partial charge in [0, 0.05) is 44.5 Å². The number of piperazine rings is 1. The summed E-state index contributed by atoms with van der Waals surface area (Å²) in [6, 6.07) is 8.14. The van der Waals surface area contributed by atoms with Gasteiger partial charge < -0.3 is 9.80 Å². The lowest BCUT2D eigenvalue weighted by atomic mass is 10.0. The Hall–Kier alpha value is -4.11. The molecule has 220 valence electrons. The first-order chi connectivity index (χ1) is 20.0. The van der Waals surface area contributed by atoms with Crippen LogP contribution in [0, 0.1) is 19.7 Å². The van der Waals surface area contributed by atoms with Crippen LogP contribution in [0.5, 0.6) is 0 Å². The fourth-order valence-electron chi connectivity index (χ4n) is 5.36. The molecular weight excluding hydrogens is 555 g/mol. The third-order valence-electron chi connectivity index (χ3n) is 7.45. The predicted molar refractivity (Wildman–Crippen MR) is 166 cm³/mol. The first kappa shape index (κ1) is 30.8. The zero-order valence-corrected chi connectivity index (χ0v) is 25.6. The molecule has 1 atom stereocenters. The average molecular weight is 591 g/mol. The number of anilines is 2. The van der Waals surface area contributed by atoms with Crippen molar-refractivity contribution in [2.45, 2.75) is 46.6 Å². The van der Waals surface area contributed by atoms with Gasteiger partial charge in [-0.15, -0.1) is 0 Å². The summed E-state index contributed by atoms with van der Waals surface area (Å²) in [6.07, 6.45) is 3.72. The standard InChI is InChI=1S/C32H36ClFN6O2/c1-8-27(42)38-13-14-39(22(6)17-38)31(35-7)24-16-25(33)29(23-15-20(4)9-10-26(23)34)37-32(24)40(18-41)30-21(5)11-12-36-28(30)19(2)3/h8-12,15-16,18-19,22H,1,13-14,17H2,2-7H3/b35-31+. The van der Waals surface area contributed by atoms with E-state index in [0.29, 0.717) is 48.8 Å². The molecule has 0 radical (unpaired) electrons. The Morgan fingerprint density at radius 1 is 1.24 bits per heavy atom. The predicted octanol–water partition coefficient (Wildman–Crippen LogP) is 6.07. The fraction of sp³-hybridized carbons (Fsp3) is 0.344. The Bertz CT molecular complexity index is 1560. The van der Waals surface area contributed by atoms with E-state index in [1.807, 2.05) is 40.7 Å². The van der Waals surface area contributed by atoms with E-state index in [-0.39, 0.29) is 40.0 Å². The zero-order chi connectivity index (χ0) is 30.7. The molecule has 3 aromatic rings. The lowest BCUT2D eigenvalue weighted by Crippen LogP contribution is -2.55. The Balaban J connectivity index is 1.97. The third-order valence-corrected chi connectivity index (χ3v) is 7.74. The molecule has 1 aliphatic rings. The van der Waals surface area contributed by atoms with Crippen molar-refractivity contribution >= 4 is 41.3 Å². The number of halogens is 2. The molecule has 1 aromatic carbocycles. The second-order valence-electron chi connectivity index (χ2n) is 10.7. The second kappa shape index (κ2) is 12.8. The first-order valence-electron chi connectivity index (χ1n) is 13.8. The molecule has 2 amide bonds. The maximum atomic E-state index is 15.1. The van der Waals surface area contributed by atoms with Crippen LogP contribution in [-0.4, -0.2) is 70.6 Å². The fourth-order valence-corrected chi connectivity index (χ4v) is 5.61. The number of aryl methyl sites for hydroxylation is 2. The molecule has 0 saturated carbocycles. The molecule has 0 N–H and O–H groups in total. The van der Waals surface area contributed by atoms with Crippen molar-refractivity contribution in [1.82, 2.24) is 19.8 Å². The number of carbonyl (C=O) groups is 2. The largest absolute Gasteiger partial charge is 0.350 e. The topological polar surface area (TPSA) is 82.0 Å². The molecule has 2 aromatic heterocycles. The number of aliphatic imine (C=N–C) groups is 1. The smallest absolute Gasteiger partial charge is 0.246 e. The second-order valence-corrected chi connectivity index (χ2v) is 11.2. The lowest BCUT2D eigenvalue weighted by Gasteiger charge is -2.41. The highest BCUT2D eigenvalue weighted by Gasteiger charge is 2.32. The Kier molecular flexibility index (Phi) is 9.41. The Morgan fingerprint density at radius 3 is 2.60 bits per heavy atom. The monoisotopic (exact) mass is 590 g/mol. The van der Waals surface area contributed by atoms with Crippen molar-refractivity contribution in [1.29, 1.82) is 0 Å². The van der Waals surface area contributed by atoms with Crippen LogP contribution in [0.3, 0.4) is 0 Å². The van der Waals surface area contributed by atoms with E-state index in [4.69, 9.17) is 16.6 Å². The van der Waals surface area contributed by atoms with Gasteiger partial charge in [-0.25, -0.2) is 9.37 Å². The number of hydrogen-bond donors (Lipinski definition) is 0. The van der Waals surface area contributed by atoms with E-state index in [2.05, 4.69) is 21.5 Å². The number of rotatable bonds is 7. The quantitative estimate of drug-likeness (QED) is 0.144. The van der Waals surface area contributed by atoms with Crippen molar-refractivity contribution in [3.8, 4) is 11.3 Å². The lowest BCUT2D eigenvalue weighted by molar-refractivity contribution is -0.128. The number of nitrogens with zero attached hydrogens (tertiary/aromatic N) is 6. The molecule has 10 heteroatoms. The minimum atomic E-state index is -0.479. The molecule has 1 unspecified atom stereocenters. The van der Waals surface area contributed by atoms with Crippen LogP contribution >= 0.6 is 11.6 Å². The summed E-state index contributed by atoms with van der Waals surface area (Å²) >= 11 is 6.84. The van der Waals surface area contributed by atoms with Crippen LogP contribution in [-0.2, 0) is 9.59 Å². The highest BCUT2D eigenvalue weighted by molar-refractivity contribution is 6.33. The van der Waals surface area contributed by atoms with Crippen LogP contribution < -0.4 is 4.90 Å². The number of aromatic nitrogens is 2. The normalized spacial score (nSPS) is 15.6. The first-order valence-corrected chi connectivity index (χ1v) is 14.2. The summed E-state index contributed by atoms with van der Waals surface area (Å²) in [5, 5.41) is 0.213. The van der Waals surface area contributed by atoms with Crippen LogP contribution in [0.2, 0.25) is 5.02 Å². The van der Waals surface area contributed by atoms with Crippen LogP contribution in [0.1, 0.15) is 49.1 Å². The highest BCUT2D eigenvalue weighted by Crippen LogP contribution is 2.39. The number of hydrogen-bond acceptors (Lipinski definition) is 5. The minimum absolute atomic E-state index is 0.00148. The van der Waals surface area contributed by atoms with Crippen molar-refractivity contribution < 1.29 is 14.0 Å². The summed E-state index contributed by atoms with van der Waals surface area (Å²) in [7, 11) is 1.66. The number of amidine groups is 1. The Labute approximate surface area is 251 Å². The van der Waals surface area contributed by atoms with E-state index in [9.17, 15) is 9.59 Å². The van der Waals surface area contributed by atoms with E-state index >= 15 is 4.39 Å². The van der Waals surface area contributed by atoms with Crippen LogP contribution in [0.25, 0.3) is 11.3 Å². The number of pyridine rings is 2. The van der Waals surface area contributed by atoms with Gasteiger partial charge in [0.2, 0.25) is 12.3 Å². The Morgan fingerprint density at radius 2 is 1.98 bits per heavy atom. The van der Waals surface area contributed by atoms with Gasteiger partial charge in [-0.1, -0.05) is 43.7 Å². The maximum Gasteiger partial charge on any atom is 0.246 e. The number of carbonyl (C=O) groups excluding carboxylic acids is 2. The highest BCUT2D eigenvalue weighted by atomic mass is 35.5.